The van der Waals surface area contributed by atoms with E-state index >= 15 is 0 Å². The van der Waals surface area contributed by atoms with E-state index in [1.165, 1.54) is 0 Å². The van der Waals surface area contributed by atoms with Gasteiger partial charge in [-0.1, -0.05) is 0 Å². The molecule has 0 aromatic heterocycles. The molecule has 0 aromatic carbocycles. The lowest BCUT2D eigenvalue weighted by atomic mass is 10.1. The number of carbonyl (C=O) groups excluding carboxylic acids is 4. The van der Waals surface area contributed by atoms with Crippen LogP contribution < -0.4 is 27.0 Å². The first-order valence-corrected chi connectivity index (χ1v) is 12.6. The Morgan fingerprint density at radius 3 is 1.09 bits per heavy atom. The third-order valence-corrected chi connectivity index (χ3v) is 5.56. The highest BCUT2D eigenvalue weighted by atomic mass is 16.4. The van der Waals surface area contributed by atoms with Crippen LogP contribution in [0.2, 0.25) is 0 Å². The Morgan fingerprint density at radius 2 is 0.750 bits per heavy atom. The molecule has 12 N–H and O–H groups in total. The number of hydrogen-bond acceptors (Lipinski definition) is 11. The van der Waals surface area contributed by atoms with Gasteiger partial charge in [-0.25, -0.2) is 4.79 Å². The monoisotopic (exact) mass is 635 g/mol. The van der Waals surface area contributed by atoms with E-state index in [0.717, 1.165) is 0 Å². The molecule has 0 unspecified atom stereocenters. The fourth-order valence-electron chi connectivity index (χ4n) is 3.36. The molecular formula is C23H33N5O16. The van der Waals surface area contributed by atoms with Crippen LogP contribution in [0.25, 0.3) is 0 Å². The van der Waals surface area contributed by atoms with Crippen molar-refractivity contribution in [2.45, 2.75) is 81.6 Å². The molecule has 21 nitrogen and oxygen atoms in total. The average molecular weight is 636 g/mol. The Bertz CT molecular complexity index is 1140. The topological polar surface area (TPSA) is 366 Å². The Hall–Kier alpha value is -5.34. The standard InChI is InChI=1S/C23H33N5O16/c24-9(7-17(35)36)19(39)28-13(8-18(37)38)22(42)26-10(1-4-14(29)30)20(40)25-11(2-5-15(31)32)21(41)27-12(23(43)44)3-6-16(33)34/h9-13H,1-8,24H2,(H,25,40)(H,26,42)(H,27,41)(H,28,39)(H,29,30)(H,31,32)(H,33,34)(H,35,36)(H,37,38)(H,43,44)/t9-,10-,11-,12-,13-/m0/s1. The molecule has 0 aliphatic rings. The smallest absolute Gasteiger partial charge is 0.326 e. The molecule has 0 radical (unpaired) electrons. The van der Waals surface area contributed by atoms with E-state index in [2.05, 4.69) is 5.32 Å². The van der Waals surface area contributed by atoms with E-state index in [0.29, 0.717) is 0 Å². The molecule has 44 heavy (non-hydrogen) atoms. The third-order valence-electron chi connectivity index (χ3n) is 5.56. The van der Waals surface area contributed by atoms with Gasteiger partial charge in [-0.15, -0.1) is 0 Å². The quantitative estimate of drug-likeness (QED) is 0.0538. The fourth-order valence-corrected chi connectivity index (χ4v) is 3.36. The second kappa shape index (κ2) is 19.0. The minimum atomic E-state index is -1.95. The van der Waals surface area contributed by atoms with Crippen LogP contribution in [0.3, 0.4) is 0 Å². The van der Waals surface area contributed by atoms with E-state index in [1.807, 2.05) is 16.0 Å². The number of carboxylic acid groups (broad SMARTS) is 6. The van der Waals surface area contributed by atoms with Gasteiger partial charge >= 0.3 is 35.8 Å². The molecule has 0 bridgehead atoms. The van der Waals surface area contributed by atoms with E-state index < -0.39 is 141 Å². The summed E-state index contributed by atoms with van der Waals surface area (Å²) in [7, 11) is 0. The van der Waals surface area contributed by atoms with Gasteiger partial charge in [0.25, 0.3) is 0 Å². The molecule has 0 aliphatic heterocycles. The van der Waals surface area contributed by atoms with Crippen LogP contribution in [0.4, 0.5) is 0 Å². The first kappa shape index (κ1) is 38.7. The summed E-state index contributed by atoms with van der Waals surface area (Å²) in [6.07, 6.45) is -6.10. The number of carbonyl (C=O) groups is 10. The molecule has 0 aliphatic carbocycles. The molecule has 0 saturated carbocycles. The molecule has 0 spiro atoms. The van der Waals surface area contributed by atoms with Crippen molar-refractivity contribution in [3.8, 4) is 0 Å². The molecule has 0 aromatic rings. The molecule has 0 saturated heterocycles. The summed E-state index contributed by atoms with van der Waals surface area (Å²) in [5.41, 5.74) is 5.40. The van der Waals surface area contributed by atoms with Crippen LogP contribution >= 0.6 is 0 Å². The predicted molar refractivity (Wildman–Crippen MR) is 138 cm³/mol. The lowest BCUT2D eigenvalue weighted by Gasteiger charge is -2.25. The van der Waals surface area contributed by atoms with Crippen molar-refractivity contribution in [1.29, 1.82) is 0 Å². The van der Waals surface area contributed by atoms with Gasteiger partial charge in [-0.2, -0.15) is 0 Å². The number of carboxylic acids is 6. The van der Waals surface area contributed by atoms with Crippen LogP contribution in [-0.2, 0) is 47.9 Å². The molecular weight excluding hydrogens is 602 g/mol. The van der Waals surface area contributed by atoms with Crippen LogP contribution in [0.1, 0.15) is 51.4 Å². The van der Waals surface area contributed by atoms with Gasteiger partial charge < -0.3 is 57.6 Å². The molecule has 0 rings (SSSR count). The van der Waals surface area contributed by atoms with E-state index in [4.69, 9.17) is 31.3 Å². The first-order chi connectivity index (χ1) is 20.3. The lowest BCUT2D eigenvalue weighted by Crippen LogP contribution is -2.59. The van der Waals surface area contributed by atoms with Crippen molar-refractivity contribution in [1.82, 2.24) is 21.3 Å². The summed E-state index contributed by atoms with van der Waals surface area (Å²) < 4.78 is 0. The Labute approximate surface area is 247 Å². The van der Waals surface area contributed by atoms with Gasteiger partial charge in [0, 0.05) is 19.3 Å². The zero-order chi connectivity index (χ0) is 34.1. The number of amides is 4. The second-order valence-corrected chi connectivity index (χ2v) is 9.18. The fraction of sp³-hybridized carbons (Fsp3) is 0.565. The van der Waals surface area contributed by atoms with Crippen LogP contribution in [0.5, 0.6) is 0 Å². The van der Waals surface area contributed by atoms with Gasteiger partial charge in [-0.3, -0.25) is 43.2 Å². The zero-order valence-electron chi connectivity index (χ0n) is 22.9. The molecule has 5 atom stereocenters. The maximum absolute atomic E-state index is 13.1. The predicted octanol–water partition coefficient (Wildman–Crippen LogP) is -4.12. The third kappa shape index (κ3) is 16.2. The largest absolute Gasteiger partial charge is 0.481 e. The minimum absolute atomic E-state index is 0.583. The highest BCUT2D eigenvalue weighted by Gasteiger charge is 2.33. The van der Waals surface area contributed by atoms with Crippen LogP contribution in [0, 0.1) is 0 Å². The maximum atomic E-state index is 13.1. The van der Waals surface area contributed by atoms with E-state index in [1.54, 1.807) is 0 Å². The SMILES string of the molecule is N[C@@H](CC(=O)O)C(=O)N[C@@H](CC(=O)O)C(=O)N[C@@H](CCC(=O)O)C(=O)N[C@@H](CCC(=O)O)C(=O)N[C@@H](CCC(=O)O)C(=O)O. The van der Waals surface area contributed by atoms with Gasteiger partial charge in [0.1, 0.15) is 24.2 Å². The summed E-state index contributed by atoms with van der Waals surface area (Å²) in [5, 5.41) is 61.9. The maximum Gasteiger partial charge on any atom is 0.326 e. The normalized spacial score (nSPS) is 13.9. The van der Waals surface area contributed by atoms with Gasteiger partial charge in [-0.05, 0) is 19.3 Å². The molecule has 0 heterocycles. The first-order valence-electron chi connectivity index (χ1n) is 12.6. The van der Waals surface area contributed by atoms with Gasteiger partial charge in [0.15, 0.2) is 0 Å². The second-order valence-electron chi connectivity index (χ2n) is 9.18. The number of aliphatic carboxylic acids is 6. The average Bonchev–Trinajstić information content (AvgIpc) is 2.89. The van der Waals surface area contributed by atoms with Crippen LogP contribution in [-0.4, -0.2) is 120 Å². The summed E-state index contributed by atoms with van der Waals surface area (Å²) in [6.45, 7) is 0. The number of nitrogens with one attached hydrogen (secondary N) is 4. The van der Waals surface area contributed by atoms with Crippen molar-refractivity contribution in [3.05, 3.63) is 0 Å². The summed E-state index contributed by atoms with van der Waals surface area (Å²) in [4.78, 5) is 117. The van der Waals surface area contributed by atoms with Gasteiger partial charge in [0.2, 0.25) is 23.6 Å². The van der Waals surface area contributed by atoms with Crippen molar-refractivity contribution in [3.63, 3.8) is 0 Å². The molecule has 246 valence electrons. The van der Waals surface area contributed by atoms with Gasteiger partial charge in [0.05, 0.1) is 18.9 Å². The van der Waals surface area contributed by atoms with Crippen molar-refractivity contribution < 1.29 is 78.6 Å². The number of hydrogen-bond donors (Lipinski definition) is 11. The number of nitrogens with two attached hydrogens (primary N) is 1. The lowest BCUT2D eigenvalue weighted by molar-refractivity contribution is -0.144. The number of rotatable bonds is 22. The summed E-state index contributed by atoms with van der Waals surface area (Å²) in [5.74, 6) is -14.2. The van der Waals surface area contributed by atoms with Crippen molar-refractivity contribution in [2.75, 3.05) is 0 Å². The minimum Gasteiger partial charge on any atom is -0.481 e. The van der Waals surface area contributed by atoms with E-state index in [-0.39, 0.29) is 0 Å². The summed E-state index contributed by atoms with van der Waals surface area (Å²) >= 11 is 0. The molecule has 0 fully saturated rings. The Balaban J connectivity index is 6.04. The van der Waals surface area contributed by atoms with Crippen molar-refractivity contribution >= 4 is 59.4 Å². The summed E-state index contributed by atoms with van der Waals surface area (Å²) in [6, 6.07) is -9.06. The van der Waals surface area contributed by atoms with Crippen LogP contribution in [0.15, 0.2) is 0 Å². The Kier molecular flexibility index (Phi) is 16.7. The Morgan fingerprint density at radius 1 is 0.432 bits per heavy atom. The molecule has 4 amide bonds. The molecule has 21 heteroatoms. The van der Waals surface area contributed by atoms with Crippen molar-refractivity contribution in [2.24, 2.45) is 5.73 Å². The zero-order valence-corrected chi connectivity index (χ0v) is 22.9. The van der Waals surface area contributed by atoms with E-state index in [9.17, 15) is 53.1 Å². The highest BCUT2D eigenvalue weighted by molar-refractivity contribution is 5.97. The highest BCUT2D eigenvalue weighted by Crippen LogP contribution is 2.07.